The molecule has 0 saturated carbocycles. The molecule has 3 N–H and O–H groups in total. The maximum Gasteiger partial charge on any atom is 0.249 e. The van der Waals surface area contributed by atoms with E-state index in [1.165, 1.54) is 0 Å². The number of amides is 1. The molecule has 0 aromatic heterocycles. The number of nitrogens with two attached hydrogens (primary N) is 1. The smallest absolute Gasteiger partial charge is 0.249 e. The van der Waals surface area contributed by atoms with Crippen molar-refractivity contribution in [2.45, 2.75) is 6.04 Å². The Morgan fingerprint density at radius 1 is 1.50 bits per heavy atom. The zero-order valence-corrected chi connectivity index (χ0v) is 8.51. The Morgan fingerprint density at radius 3 is 2.93 bits per heavy atom. The van der Waals surface area contributed by atoms with Gasteiger partial charge < -0.3 is 11.1 Å². The quantitative estimate of drug-likeness (QED) is 0.765. The molecular weight excluding hydrogens is 196 g/mol. The lowest BCUT2D eigenvalue weighted by Crippen LogP contribution is -2.21. The van der Waals surface area contributed by atoms with Crippen molar-refractivity contribution in [1.82, 2.24) is 5.32 Å². The summed E-state index contributed by atoms with van der Waals surface area (Å²) < 4.78 is 0. The normalized spacial score (nSPS) is 21.0. The van der Waals surface area contributed by atoms with Crippen molar-refractivity contribution in [2.24, 2.45) is 5.73 Å². The minimum Gasteiger partial charge on any atom is -0.366 e. The number of carbonyl (C=O) groups is 1. The summed E-state index contributed by atoms with van der Waals surface area (Å²) in [5.41, 5.74) is 6.96. The van der Waals surface area contributed by atoms with Gasteiger partial charge in [0.25, 0.3) is 0 Å². The fourth-order valence-electron chi connectivity index (χ4n) is 1.62. The summed E-state index contributed by atoms with van der Waals surface area (Å²) in [6, 6.07) is 7.79. The minimum absolute atomic E-state index is 0.267. The molecule has 1 aromatic rings. The second kappa shape index (κ2) is 4.02. The molecule has 0 radical (unpaired) electrons. The van der Waals surface area contributed by atoms with E-state index in [1.54, 1.807) is 6.07 Å². The fourth-order valence-corrected chi connectivity index (χ4v) is 2.59. The van der Waals surface area contributed by atoms with Gasteiger partial charge >= 0.3 is 0 Å². The topological polar surface area (TPSA) is 55.1 Å². The van der Waals surface area contributed by atoms with Crippen molar-refractivity contribution in [2.75, 3.05) is 11.6 Å². The molecule has 2 rings (SSSR count). The molecule has 1 aliphatic heterocycles. The minimum atomic E-state index is -0.348. The number of hydrogen-bond acceptors (Lipinski definition) is 3. The highest BCUT2D eigenvalue weighted by Crippen LogP contribution is 2.26. The molecule has 0 unspecified atom stereocenters. The molecule has 1 aromatic carbocycles. The van der Waals surface area contributed by atoms with E-state index >= 15 is 0 Å². The lowest BCUT2D eigenvalue weighted by molar-refractivity contribution is 0.0999. The third kappa shape index (κ3) is 1.76. The number of nitrogens with one attached hydrogen (secondary N) is 1. The van der Waals surface area contributed by atoms with Crippen LogP contribution >= 0.6 is 11.8 Å². The van der Waals surface area contributed by atoms with Gasteiger partial charge in [0.15, 0.2) is 0 Å². The average Bonchev–Trinajstić information content (AvgIpc) is 2.70. The van der Waals surface area contributed by atoms with Crippen molar-refractivity contribution >= 4 is 17.7 Å². The SMILES string of the molecule is NC(=O)c1ccccc1[C@@H]1CSCN1. The Balaban J connectivity index is 2.35. The lowest BCUT2D eigenvalue weighted by atomic mass is 10.0. The standard InChI is InChI=1S/C10H12N2OS/c11-10(13)8-4-2-1-3-7(8)9-5-14-6-12-9/h1-4,9,12H,5-6H2,(H2,11,13)/t9-/m0/s1. The van der Waals surface area contributed by atoms with E-state index in [4.69, 9.17) is 5.73 Å². The molecule has 14 heavy (non-hydrogen) atoms. The Labute approximate surface area is 87.1 Å². The van der Waals surface area contributed by atoms with Gasteiger partial charge in [0.05, 0.1) is 0 Å². The Bertz CT molecular complexity index is 348. The number of hydrogen-bond donors (Lipinski definition) is 2. The molecule has 3 nitrogen and oxygen atoms in total. The van der Waals surface area contributed by atoms with Gasteiger partial charge in [0.2, 0.25) is 5.91 Å². The molecule has 0 spiro atoms. The van der Waals surface area contributed by atoms with E-state index in [9.17, 15) is 4.79 Å². The highest BCUT2D eigenvalue weighted by molar-refractivity contribution is 7.99. The van der Waals surface area contributed by atoms with Crippen LogP contribution in [-0.4, -0.2) is 17.5 Å². The second-order valence-electron chi connectivity index (χ2n) is 3.22. The summed E-state index contributed by atoms with van der Waals surface area (Å²) in [6.07, 6.45) is 0. The fraction of sp³-hybridized carbons (Fsp3) is 0.300. The predicted octanol–water partition coefficient (Wildman–Crippen LogP) is 1.12. The van der Waals surface area contributed by atoms with Crippen molar-refractivity contribution in [3.05, 3.63) is 35.4 Å². The number of carbonyl (C=O) groups excluding carboxylic acids is 1. The van der Waals surface area contributed by atoms with E-state index in [2.05, 4.69) is 5.32 Å². The Morgan fingerprint density at radius 2 is 2.29 bits per heavy atom. The highest BCUT2D eigenvalue weighted by atomic mass is 32.2. The zero-order chi connectivity index (χ0) is 9.97. The average molecular weight is 208 g/mol. The van der Waals surface area contributed by atoms with E-state index in [0.717, 1.165) is 17.2 Å². The predicted molar refractivity (Wildman–Crippen MR) is 58.2 cm³/mol. The van der Waals surface area contributed by atoms with E-state index in [0.29, 0.717) is 5.56 Å². The molecule has 1 saturated heterocycles. The monoisotopic (exact) mass is 208 g/mol. The third-order valence-electron chi connectivity index (χ3n) is 2.32. The van der Waals surface area contributed by atoms with Gasteiger partial charge in [-0.15, -0.1) is 11.8 Å². The summed E-state index contributed by atoms with van der Waals surface area (Å²) in [4.78, 5) is 11.2. The molecule has 1 amide bonds. The third-order valence-corrected chi connectivity index (χ3v) is 3.26. The first-order valence-corrected chi connectivity index (χ1v) is 5.64. The summed E-state index contributed by atoms with van der Waals surface area (Å²) in [7, 11) is 0. The van der Waals surface area contributed by atoms with Crippen LogP contribution in [0.1, 0.15) is 22.0 Å². The number of primary amides is 1. The lowest BCUT2D eigenvalue weighted by Gasteiger charge is -2.12. The van der Waals surface area contributed by atoms with Gasteiger partial charge in [0, 0.05) is 23.2 Å². The molecule has 1 fully saturated rings. The van der Waals surface area contributed by atoms with Crippen LogP contribution in [0.15, 0.2) is 24.3 Å². The van der Waals surface area contributed by atoms with Gasteiger partial charge in [-0.3, -0.25) is 4.79 Å². The van der Waals surface area contributed by atoms with Crippen molar-refractivity contribution in [3.8, 4) is 0 Å². The van der Waals surface area contributed by atoms with Gasteiger partial charge in [0.1, 0.15) is 0 Å². The molecule has 1 atom stereocenters. The summed E-state index contributed by atoms with van der Waals surface area (Å²) in [5, 5.41) is 3.32. The first-order valence-electron chi connectivity index (χ1n) is 4.49. The Kier molecular flexibility index (Phi) is 2.74. The number of thioether (sulfide) groups is 1. The van der Waals surface area contributed by atoms with Gasteiger partial charge in [-0.05, 0) is 11.6 Å². The van der Waals surface area contributed by atoms with E-state index in [-0.39, 0.29) is 11.9 Å². The van der Waals surface area contributed by atoms with Crippen molar-refractivity contribution in [3.63, 3.8) is 0 Å². The molecule has 4 heteroatoms. The maximum atomic E-state index is 11.2. The van der Waals surface area contributed by atoms with Crippen LogP contribution in [0, 0.1) is 0 Å². The molecule has 0 aliphatic carbocycles. The van der Waals surface area contributed by atoms with Crippen molar-refractivity contribution in [1.29, 1.82) is 0 Å². The maximum absolute atomic E-state index is 11.2. The van der Waals surface area contributed by atoms with Crippen LogP contribution in [0.3, 0.4) is 0 Å². The van der Waals surface area contributed by atoms with Crippen LogP contribution in [0.4, 0.5) is 0 Å². The first kappa shape index (κ1) is 9.55. The highest BCUT2D eigenvalue weighted by Gasteiger charge is 2.20. The molecule has 74 valence electrons. The van der Waals surface area contributed by atoms with Gasteiger partial charge in [-0.1, -0.05) is 18.2 Å². The molecule has 0 bridgehead atoms. The first-order chi connectivity index (χ1) is 6.79. The molecule has 1 aliphatic rings. The van der Waals surface area contributed by atoms with Crippen molar-refractivity contribution < 1.29 is 4.79 Å². The van der Waals surface area contributed by atoms with Gasteiger partial charge in [-0.2, -0.15) is 0 Å². The van der Waals surface area contributed by atoms with Crippen LogP contribution in [0.2, 0.25) is 0 Å². The zero-order valence-electron chi connectivity index (χ0n) is 7.69. The van der Waals surface area contributed by atoms with Crippen LogP contribution in [-0.2, 0) is 0 Å². The molecular formula is C10H12N2OS. The number of benzene rings is 1. The second-order valence-corrected chi connectivity index (χ2v) is 4.25. The van der Waals surface area contributed by atoms with E-state index in [1.807, 2.05) is 30.0 Å². The van der Waals surface area contributed by atoms with Crippen LogP contribution in [0.5, 0.6) is 0 Å². The summed E-state index contributed by atoms with van der Waals surface area (Å²) in [6.45, 7) is 0. The summed E-state index contributed by atoms with van der Waals surface area (Å²) in [5.74, 6) is 1.60. The summed E-state index contributed by atoms with van der Waals surface area (Å²) >= 11 is 1.83. The van der Waals surface area contributed by atoms with Crippen LogP contribution in [0.25, 0.3) is 0 Å². The number of rotatable bonds is 2. The Hall–Kier alpha value is -1.00. The molecule has 1 heterocycles. The largest absolute Gasteiger partial charge is 0.366 e. The van der Waals surface area contributed by atoms with E-state index < -0.39 is 0 Å². The van der Waals surface area contributed by atoms with Crippen LogP contribution < -0.4 is 11.1 Å². The van der Waals surface area contributed by atoms with Gasteiger partial charge in [-0.25, -0.2) is 0 Å².